The van der Waals surface area contributed by atoms with Crippen LogP contribution >= 0.6 is 0 Å². The SMILES string of the molecule is CO/C(OB(F)F)=C1\CCCCCC1=O. The molecule has 0 aromatic carbocycles. The van der Waals surface area contributed by atoms with Gasteiger partial charge < -0.3 is 9.39 Å². The summed E-state index contributed by atoms with van der Waals surface area (Å²) < 4.78 is 32.9. The van der Waals surface area contributed by atoms with Gasteiger partial charge in [0.05, 0.1) is 12.7 Å². The minimum atomic E-state index is -2.96. The zero-order valence-corrected chi connectivity index (χ0v) is 8.59. The van der Waals surface area contributed by atoms with Crippen LogP contribution in [0.2, 0.25) is 0 Å². The van der Waals surface area contributed by atoms with E-state index in [0.29, 0.717) is 12.8 Å². The maximum Gasteiger partial charge on any atom is 0.798 e. The summed E-state index contributed by atoms with van der Waals surface area (Å²) in [5.41, 5.74) is 0.260. The molecule has 0 unspecified atom stereocenters. The molecule has 0 saturated heterocycles. The molecule has 0 heterocycles. The molecule has 1 aliphatic rings. The second kappa shape index (κ2) is 5.73. The van der Waals surface area contributed by atoms with Crippen LogP contribution in [0.5, 0.6) is 0 Å². The summed E-state index contributed by atoms with van der Waals surface area (Å²) in [5, 5.41) is 0. The normalized spacial score (nSPS) is 20.6. The Morgan fingerprint density at radius 1 is 1.27 bits per heavy atom. The van der Waals surface area contributed by atoms with E-state index >= 15 is 0 Å². The van der Waals surface area contributed by atoms with E-state index < -0.39 is 7.47 Å². The molecule has 0 atom stereocenters. The van der Waals surface area contributed by atoms with Crippen LogP contribution in [0.3, 0.4) is 0 Å². The molecule has 0 N–H and O–H groups in total. The van der Waals surface area contributed by atoms with Gasteiger partial charge >= 0.3 is 7.47 Å². The monoisotopic (exact) mass is 218 g/mol. The van der Waals surface area contributed by atoms with Crippen LogP contribution in [0.25, 0.3) is 0 Å². The molecular weight excluding hydrogens is 205 g/mol. The molecule has 0 bridgehead atoms. The highest BCUT2D eigenvalue weighted by atomic mass is 19.2. The van der Waals surface area contributed by atoms with Crippen molar-refractivity contribution in [2.24, 2.45) is 0 Å². The number of ether oxygens (including phenoxy) is 1. The molecule has 1 fully saturated rings. The van der Waals surface area contributed by atoms with Crippen LogP contribution in [-0.2, 0) is 14.2 Å². The van der Waals surface area contributed by atoms with Crippen LogP contribution in [0.1, 0.15) is 32.1 Å². The summed E-state index contributed by atoms with van der Waals surface area (Å²) in [6, 6.07) is 0. The van der Waals surface area contributed by atoms with Crippen molar-refractivity contribution < 1.29 is 22.8 Å². The van der Waals surface area contributed by atoms with E-state index in [1.165, 1.54) is 7.11 Å². The van der Waals surface area contributed by atoms with Crippen molar-refractivity contribution in [1.29, 1.82) is 0 Å². The molecule has 0 aliphatic heterocycles. The van der Waals surface area contributed by atoms with Crippen molar-refractivity contribution in [2.75, 3.05) is 7.11 Å². The van der Waals surface area contributed by atoms with Gasteiger partial charge in [-0.15, -0.1) is 0 Å². The first-order chi connectivity index (χ1) is 7.15. The number of hydrogen-bond acceptors (Lipinski definition) is 3. The Kier molecular flexibility index (Phi) is 4.58. The van der Waals surface area contributed by atoms with Gasteiger partial charge in [-0.1, -0.05) is 6.42 Å². The lowest BCUT2D eigenvalue weighted by molar-refractivity contribution is -0.116. The van der Waals surface area contributed by atoms with Gasteiger partial charge in [0, 0.05) is 6.42 Å². The van der Waals surface area contributed by atoms with Crippen LogP contribution in [0, 0.1) is 0 Å². The zero-order chi connectivity index (χ0) is 11.3. The molecule has 3 nitrogen and oxygen atoms in total. The van der Waals surface area contributed by atoms with Crippen molar-refractivity contribution in [3.63, 3.8) is 0 Å². The van der Waals surface area contributed by atoms with Crippen molar-refractivity contribution >= 4 is 13.3 Å². The minimum absolute atomic E-state index is 0.148. The van der Waals surface area contributed by atoms with Crippen molar-refractivity contribution in [3.05, 3.63) is 11.5 Å². The first-order valence-corrected chi connectivity index (χ1v) is 4.90. The van der Waals surface area contributed by atoms with E-state index in [-0.39, 0.29) is 17.3 Å². The molecule has 0 aromatic rings. The quantitative estimate of drug-likeness (QED) is 0.315. The number of hydrogen-bond donors (Lipinski definition) is 0. The fourth-order valence-electron chi connectivity index (χ4n) is 1.59. The first kappa shape index (κ1) is 12.0. The maximum atomic E-state index is 12.0. The van der Waals surface area contributed by atoms with Gasteiger partial charge in [-0.25, -0.2) is 8.63 Å². The number of allylic oxidation sites excluding steroid dienone is 1. The number of rotatable bonds is 3. The molecule has 6 heteroatoms. The number of carbonyl (C=O) groups excluding carboxylic acids is 1. The lowest BCUT2D eigenvalue weighted by Crippen LogP contribution is -2.12. The Morgan fingerprint density at radius 3 is 2.53 bits per heavy atom. The van der Waals surface area contributed by atoms with Gasteiger partial charge in [-0.2, -0.15) is 0 Å². The fraction of sp³-hybridized carbons (Fsp3) is 0.667. The zero-order valence-electron chi connectivity index (χ0n) is 8.59. The second-order valence-corrected chi connectivity index (χ2v) is 3.33. The number of carbonyl (C=O) groups is 1. The van der Waals surface area contributed by atoms with Crippen molar-refractivity contribution in [1.82, 2.24) is 0 Å². The Labute approximate surface area is 87.6 Å². The standard InChI is InChI=1S/C9H13BF2O3/c1-14-9(15-10(11)12)7-5-3-2-4-6-8(7)13/h2-6H2,1H3/b9-7-. The molecule has 1 rings (SSSR count). The van der Waals surface area contributed by atoms with E-state index in [0.717, 1.165) is 19.3 Å². The third kappa shape index (κ3) is 3.53. The predicted molar refractivity (Wildman–Crippen MR) is 51.2 cm³/mol. The lowest BCUT2D eigenvalue weighted by Gasteiger charge is -2.11. The maximum absolute atomic E-state index is 12.0. The van der Waals surface area contributed by atoms with Crippen LogP contribution in [-0.4, -0.2) is 20.4 Å². The molecule has 1 saturated carbocycles. The molecule has 0 spiro atoms. The third-order valence-corrected chi connectivity index (χ3v) is 2.30. The van der Waals surface area contributed by atoms with Crippen LogP contribution in [0.15, 0.2) is 11.5 Å². The van der Waals surface area contributed by atoms with Crippen molar-refractivity contribution in [2.45, 2.75) is 32.1 Å². The van der Waals surface area contributed by atoms with Gasteiger partial charge in [-0.05, 0) is 19.3 Å². The summed E-state index contributed by atoms with van der Waals surface area (Å²) in [5.74, 6) is -0.470. The van der Waals surface area contributed by atoms with Gasteiger partial charge in [-0.3, -0.25) is 4.79 Å². The second-order valence-electron chi connectivity index (χ2n) is 3.33. The summed E-state index contributed by atoms with van der Waals surface area (Å²) >= 11 is 0. The molecule has 84 valence electrons. The Balaban J connectivity index is 2.84. The average Bonchev–Trinajstić information content (AvgIpc) is 2.39. The molecule has 0 amide bonds. The molecule has 15 heavy (non-hydrogen) atoms. The minimum Gasteiger partial charge on any atom is -0.478 e. The highest BCUT2D eigenvalue weighted by Crippen LogP contribution is 2.23. The third-order valence-electron chi connectivity index (χ3n) is 2.30. The largest absolute Gasteiger partial charge is 0.798 e. The topological polar surface area (TPSA) is 35.5 Å². The number of Topliss-reactive ketones (excluding diaryl/α,β-unsaturated/α-hetero) is 1. The highest BCUT2D eigenvalue weighted by Gasteiger charge is 2.26. The predicted octanol–water partition coefficient (Wildman–Crippen LogP) is 2.32. The molecular formula is C9H13BF2O3. The van der Waals surface area contributed by atoms with Gasteiger partial charge in [0.15, 0.2) is 5.78 Å². The van der Waals surface area contributed by atoms with Crippen LogP contribution < -0.4 is 0 Å². The summed E-state index contributed by atoms with van der Waals surface area (Å²) in [6.45, 7) is 0. The summed E-state index contributed by atoms with van der Waals surface area (Å²) in [6.07, 6.45) is 3.37. The lowest BCUT2D eigenvalue weighted by atomic mass is 10.1. The number of ketones is 1. The van der Waals surface area contributed by atoms with Crippen molar-refractivity contribution in [3.8, 4) is 0 Å². The number of methoxy groups -OCH3 is 1. The van der Waals surface area contributed by atoms with Crippen LogP contribution in [0.4, 0.5) is 8.63 Å². The summed E-state index contributed by atoms with van der Waals surface area (Å²) in [7, 11) is -1.73. The van der Waals surface area contributed by atoms with Gasteiger partial charge in [0.1, 0.15) is 0 Å². The van der Waals surface area contributed by atoms with E-state index in [9.17, 15) is 13.4 Å². The Bertz CT molecular complexity index is 266. The smallest absolute Gasteiger partial charge is 0.478 e. The summed E-state index contributed by atoms with van der Waals surface area (Å²) in [4.78, 5) is 11.5. The Hall–Kier alpha value is -1.07. The van der Waals surface area contributed by atoms with E-state index in [2.05, 4.69) is 9.39 Å². The highest BCUT2D eigenvalue weighted by molar-refractivity contribution is 6.34. The van der Waals surface area contributed by atoms with E-state index in [4.69, 9.17) is 0 Å². The average molecular weight is 218 g/mol. The van der Waals surface area contributed by atoms with E-state index in [1.54, 1.807) is 0 Å². The fourth-order valence-corrected chi connectivity index (χ4v) is 1.59. The first-order valence-electron chi connectivity index (χ1n) is 4.90. The van der Waals surface area contributed by atoms with E-state index in [1.807, 2.05) is 0 Å². The Morgan fingerprint density at radius 2 is 1.93 bits per heavy atom. The number of halogens is 2. The molecule has 0 aromatic heterocycles. The molecule has 0 radical (unpaired) electrons. The van der Waals surface area contributed by atoms with Gasteiger partial charge in [0.2, 0.25) is 0 Å². The van der Waals surface area contributed by atoms with Gasteiger partial charge in [0.25, 0.3) is 5.95 Å². The molecule has 1 aliphatic carbocycles.